The highest BCUT2D eigenvalue weighted by Gasteiger charge is 2.20. The van der Waals surface area contributed by atoms with Crippen molar-refractivity contribution in [3.8, 4) is 0 Å². The number of aryl methyl sites for hydroxylation is 1. The minimum atomic E-state index is 0.0168. The fourth-order valence-electron chi connectivity index (χ4n) is 1.73. The largest absolute Gasteiger partial charge is 0.325 e. The van der Waals surface area contributed by atoms with Gasteiger partial charge in [0, 0.05) is 10.2 Å². The van der Waals surface area contributed by atoms with Crippen molar-refractivity contribution in [2.24, 2.45) is 5.92 Å². The highest BCUT2D eigenvalue weighted by Crippen LogP contribution is 2.27. The maximum absolute atomic E-state index is 11.6. The van der Waals surface area contributed by atoms with Crippen LogP contribution in [0.15, 0.2) is 22.7 Å². The second kappa shape index (κ2) is 5.65. The lowest BCUT2D eigenvalue weighted by molar-refractivity contribution is -0.115. The molecule has 0 heterocycles. The van der Waals surface area contributed by atoms with Crippen LogP contribution in [0.3, 0.4) is 0 Å². The molecule has 0 radical (unpaired) electrons. The van der Waals surface area contributed by atoms with Crippen molar-refractivity contribution in [1.29, 1.82) is 0 Å². The quantitative estimate of drug-likeness (QED) is 0.877. The Kier molecular flexibility index (Phi) is 4.18. The molecule has 1 saturated carbocycles. The van der Waals surface area contributed by atoms with E-state index < -0.39 is 0 Å². The van der Waals surface area contributed by atoms with Gasteiger partial charge in [0.05, 0.1) is 6.54 Å². The van der Waals surface area contributed by atoms with Crippen LogP contribution in [0.4, 0.5) is 5.69 Å². The molecule has 1 aliphatic carbocycles. The molecular formula is C13H17BrN2O. The van der Waals surface area contributed by atoms with E-state index in [1.165, 1.54) is 12.8 Å². The lowest BCUT2D eigenvalue weighted by Crippen LogP contribution is -2.29. The van der Waals surface area contributed by atoms with Gasteiger partial charge < -0.3 is 10.6 Å². The third kappa shape index (κ3) is 4.48. The maximum atomic E-state index is 11.6. The molecule has 0 atom stereocenters. The number of carbonyl (C=O) groups is 1. The Hall–Kier alpha value is -0.870. The van der Waals surface area contributed by atoms with Crippen LogP contribution in [0.25, 0.3) is 0 Å². The van der Waals surface area contributed by atoms with E-state index in [9.17, 15) is 4.79 Å². The predicted octanol–water partition coefficient (Wildman–Crippen LogP) is 2.70. The highest BCUT2D eigenvalue weighted by atomic mass is 79.9. The van der Waals surface area contributed by atoms with E-state index in [0.29, 0.717) is 6.54 Å². The third-order valence-corrected chi connectivity index (χ3v) is 3.20. The molecule has 0 spiro atoms. The van der Waals surface area contributed by atoms with Crippen molar-refractivity contribution < 1.29 is 4.79 Å². The maximum Gasteiger partial charge on any atom is 0.238 e. The number of anilines is 1. The van der Waals surface area contributed by atoms with Crippen molar-refractivity contribution >= 4 is 27.5 Å². The van der Waals surface area contributed by atoms with Crippen LogP contribution >= 0.6 is 15.9 Å². The first-order chi connectivity index (χ1) is 8.13. The summed E-state index contributed by atoms with van der Waals surface area (Å²) in [5, 5.41) is 6.06. The molecule has 1 amide bonds. The molecule has 1 aromatic carbocycles. The summed E-state index contributed by atoms with van der Waals surface area (Å²) in [5.74, 6) is 0.819. The summed E-state index contributed by atoms with van der Waals surface area (Å²) in [5.41, 5.74) is 1.97. The van der Waals surface area contributed by atoms with Gasteiger partial charge in [0.2, 0.25) is 5.91 Å². The molecule has 92 valence electrons. The lowest BCUT2D eigenvalue weighted by atomic mass is 10.2. The summed E-state index contributed by atoms with van der Waals surface area (Å²) < 4.78 is 0.985. The number of hydrogen-bond donors (Lipinski definition) is 2. The molecule has 2 N–H and O–H groups in total. The summed E-state index contributed by atoms with van der Waals surface area (Å²) >= 11 is 3.42. The van der Waals surface area contributed by atoms with E-state index >= 15 is 0 Å². The average Bonchev–Trinajstić information content (AvgIpc) is 2.99. The van der Waals surface area contributed by atoms with Crippen LogP contribution in [0.2, 0.25) is 0 Å². The first-order valence-electron chi connectivity index (χ1n) is 5.91. The summed E-state index contributed by atoms with van der Waals surface area (Å²) in [6.07, 6.45) is 2.61. The van der Waals surface area contributed by atoms with Gasteiger partial charge in [-0.1, -0.05) is 15.9 Å². The van der Waals surface area contributed by atoms with E-state index in [4.69, 9.17) is 0 Å². The summed E-state index contributed by atoms with van der Waals surface area (Å²) in [7, 11) is 0. The zero-order chi connectivity index (χ0) is 12.3. The van der Waals surface area contributed by atoms with E-state index in [1.807, 2.05) is 25.1 Å². The van der Waals surface area contributed by atoms with E-state index in [1.54, 1.807) is 0 Å². The smallest absolute Gasteiger partial charge is 0.238 e. The zero-order valence-electron chi connectivity index (χ0n) is 9.92. The Bertz CT molecular complexity index is 396. The number of carbonyl (C=O) groups excluding carboxylic acids is 1. The predicted molar refractivity (Wildman–Crippen MR) is 73.1 cm³/mol. The number of hydrogen-bond acceptors (Lipinski definition) is 2. The highest BCUT2D eigenvalue weighted by molar-refractivity contribution is 9.10. The third-order valence-electron chi connectivity index (χ3n) is 2.74. The normalized spacial score (nSPS) is 14.7. The number of halogens is 1. The van der Waals surface area contributed by atoms with E-state index in [2.05, 4.69) is 26.6 Å². The molecule has 1 fully saturated rings. The van der Waals surface area contributed by atoms with Gasteiger partial charge in [-0.25, -0.2) is 0 Å². The number of nitrogens with one attached hydrogen (secondary N) is 2. The average molecular weight is 297 g/mol. The Labute approximate surface area is 110 Å². The summed E-state index contributed by atoms with van der Waals surface area (Å²) in [4.78, 5) is 11.6. The van der Waals surface area contributed by atoms with Gasteiger partial charge in [-0.2, -0.15) is 0 Å². The number of benzene rings is 1. The molecule has 3 nitrogen and oxygen atoms in total. The molecule has 0 saturated heterocycles. The van der Waals surface area contributed by atoms with E-state index in [0.717, 1.165) is 28.2 Å². The molecule has 2 rings (SSSR count). The van der Waals surface area contributed by atoms with Crippen molar-refractivity contribution in [2.45, 2.75) is 19.8 Å². The Balaban J connectivity index is 1.79. The van der Waals surface area contributed by atoms with Crippen molar-refractivity contribution in [1.82, 2.24) is 5.32 Å². The van der Waals surface area contributed by atoms with Crippen LogP contribution < -0.4 is 10.6 Å². The second-order valence-corrected chi connectivity index (χ2v) is 5.56. The molecule has 4 heteroatoms. The molecule has 1 aromatic rings. The Morgan fingerprint density at radius 1 is 1.41 bits per heavy atom. The summed E-state index contributed by atoms with van der Waals surface area (Å²) in [6.45, 7) is 3.36. The molecule has 0 unspecified atom stereocenters. The minimum absolute atomic E-state index is 0.0168. The molecule has 0 aromatic heterocycles. The van der Waals surface area contributed by atoms with Crippen molar-refractivity contribution in [3.63, 3.8) is 0 Å². The fraction of sp³-hybridized carbons (Fsp3) is 0.462. The zero-order valence-corrected chi connectivity index (χ0v) is 11.5. The van der Waals surface area contributed by atoms with Crippen LogP contribution in [0.1, 0.15) is 18.4 Å². The van der Waals surface area contributed by atoms with Crippen LogP contribution in [0.5, 0.6) is 0 Å². The van der Waals surface area contributed by atoms with Crippen molar-refractivity contribution in [3.05, 3.63) is 28.2 Å². The van der Waals surface area contributed by atoms with Gasteiger partial charge in [0.15, 0.2) is 0 Å². The van der Waals surface area contributed by atoms with Crippen LogP contribution in [-0.2, 0) is 4.79 Å². The van der Waals surface area contributed by atoms with Crippen molar-refractivity contribution in [2.75, 3.05) is 18.4 Å². The molecule has 0 aliphatic heterocycles. The van der Waals surface area contributed by atoms with Crippen LogP contribution in [-0.4, -0.2) is 19.0 Å². The first-order valence-corrected chi connectivity index (χ1v) is 6.70. The fourth-order valence-corrected chi connectivity index (χ4v) is 2.33. The lowest BCUT2D eigenvalue weighted by Gasteiger charge is -2.07. The van der Waals surface area contributed by atoms with Gasteiger partial charge in [-0.05, 0) is 56.0 Å². The Morgan fingerprint density at radius 2 is 2.18 bits per heavy atom. The molecule has 1 aliphatic rings. The summed E-state index contributed by atoms with van der Waals surface area (Å²) in [6, 6.07) is 5.89. The van der Waals surface area contributed by atoms with Gasteiger partial charge in [0.25, 0.3) is 0 Å². The van der Waals surface area contributed by atoms with Gasteiger partial charge >= 0.3 is 0 Å². The minimum Gasteiger partial charge on any atom is -0.325 e. The van der Waals surface area contributed by atoms with E-state index in [-0.39, 0.29) is 5.91 Å². The monoisotopic (exact) mass is 296 g/mol. The number of rotatable bonds is 5. The molecular weight excluding hydrogens is 280 g/mol. The molecule has 0 bridgehead atoms. The van der Waals surface area contributed by atoms with Gasteiger partial charge in [0.1, 0.15) is 0 Å². The number of amides is 1. The second-order valence-electron chi connectivity index (χ2n) is 4.64. The topological polar surface area (TPSA) is 41.1 Å². The molecule has 17 heavy (non-hydrogen) atoms. The SMILES string of the molecule is Cc1cc(Br)cc(NC(=O)CNCC2CC2)c1. The van der Waals surface area contributed by atoms with Gasteiger partial charge in [-0.15, -0.1) is 0 Å². The Morgan fingerprint density at radius 3 is 2.82 bits per heavy atom. The first kappa shape index (κ1) is 12.6. The van der Waals surface area contributed by atoms with Gasteiger partial charge in [-0.3, -0.25) is 4.79 Å². The standard InChI is InChI=1S/C13H17BrN2O/c1-9-4-11(14)6-12(5-9)16-13(17)8-15-7-10-2-3-10/h4-6,10,15H,2-3,7-8H2,1H3,(H,16,17). The van der Waals surface area contributed by atoms with Crippen LogP contribution in [0, 0.1) is 12.8 Å².